The van der Waals surface area contributed by atoms with Crippen LogP contribution in [0.25, 0.3) is 0 Å². The maximum atomic E-state index is 11.9. The van der Waals surface area contributed by atoms with E-state index in [4.69, 9.17) is 0 Å². The normalized spacial score (nSPS) is 12.2. The smallest absolute Gasteiger partial charge is 0.412 e. The van der Waals surface area contributed by atoms with Gasteiger partial charge in [-0.05, 0) is 19.8 Å². The van der Waals surface area contributed by atoms with Gasteiger partial charge in [0, 0.05) is 17.7 Å². The zero-order chi connectivity index (χ0) is 17.1. The minimum Gasteiger partial charge on any atom is -0.466 e. The first kappa shape index (κ1) is 21.5. The van der Waals surface area contributed by atoms with Crippen molar-refractivity contribution in [1.29, 1.82) is 0 Å². The van der Waals surface area contributed by atoms with Gasteiger partial charge in [-0.15, -0.1) is 0 Å². The van der Waals surface area contributed by atoms with Crippen LogP contribution in [0.5, 0.6) is 0 Å². The molecule has 7 heteroatoms. The van der Waals surface area contributed by atoms with Crippen LogP contribution >= 0.6 is 0 Å². The van der Waals surface area contributed by atoms with Crippen LogP contribution in [0.2, 0.25) is 0 Å². The molecule has 0 rings (SSSR count). The molecule has 0 atom stereocenters. The van der Waals surface area contributed by atoms with Crippen molar-refractivity contribution in [3.05, 3.63) is 23.3 Å². The first-order valence-corrected chi connectivity index (χ1v) is 6.23. The molecule has 0 amide bonds. The summed E-state index contributed by atoms with van der Waals surface area (Å²) in [6.07, 6.45) is -1.82. The fraction of sp³-hybridized carbons (Fsp3) is 0.571. The van der Waals surface area contributed by atoms with Crippen LogP contribution in [0.15, 0.2) is 23.3 Å². The lowest BCUT2D eigenvalue weighted by molar-refractivity contribution is -0.136. The van der Waals surface area contributed by atoms with Crippen LogP contribution < -0.4 is 0 Å². The summed E-state index contributed by atoms with van der Waals surface area (Å²) >= 11 is 0. The average molecular weight is 310 g/mol. The Morgan fingerprint density at radius 2 is 1.38 bits per heavy atom. The van der Waals surface area contributed by atoms with Gasteiger partial charge in [0.05, 0.1) is 14.2 Å². The summed E-state index contributed by atoms with van der Waals surface area (Å²) in [6, 6.07) is 0. The Bertz CT molecular complexity index is 396. The Morgan fingerprint density at radius 1 is 0.952 bits per heavy atom. The molecule has 0 aliphatic heterocycles. The van der Waals surface area contributed by atoms with Gasteiger partial charge >= 0.3 is 18.1 Å². The third-order valence-electron chi connectivity index (χ3n) is 2.36. The fourth-order valence-corrected chi connectivity index (χ4v) is 0.948. The van der Waals surface area contributed by atoms with Crippen molar-refractivity contribution in [2.75, 3.05) is 14.2 Å². The number of methoxy groups -OCH3 is 2. The van der Waals surface area contributed by atoms with Gasteiger partial charge in [0.1, 0.15) is 0 Å². The first-order valence-electron chi connectivity index (χ1n) is 6.23. The molecule has 0 radical (unpaired) electrons. The van der Waals surface area contributed by atoms with E-state index in [1.807, 2.05) is 13.8 Å². The van der Waals surface area contributed by atoms with Gasteiger partial charge < -0.3 is 9.47 Å². The number of alkyl halides is 3. The number of ether oxygens (including phenoxy) is 2. The standard InChI is InChI=1S/C7H9F3O2.C7H12O2/c1-3-5(7(8,9)10)4-6(11)12-2;1-4-6(2)5-7(8)9-3/h4H,3H2,1-2H3;5H,4H2,1-3H3/b5-4-;6-5+. The molecule has 4 nitrogen and oxygen atoms in total. The van der Waals surface area contributed by atoms with E-state index in [1.165, 1.54) is 20.1 Å². The van der Waals surface area contributed by atoms with Gasteiger partial charge in [-0.3, -0.25) is 0 Å². The molecule has 0 spiro atoms. The largest absolute Gasteiger partial charge is 0.466 e. The molecule has 0 aliphatic carbocycles. The lowest BCUT2D eigenvalue weighted by atomic mass is 10.2. The molecule has 0 saturated heterocycles. The maximum Gasteiger partial charge on any atom is 0.412 e. The number of allylic oxidation sites excluding steroid dienone is 2. The van der Waals surface area contributed by atoms with Gasteiger partial charge in [-0.25, -0.2) is 9.59 Å². The third-order valence-corrected chi connectivity index (χ3v) is 2.36. The minimum atomic E-state index is -4.44. The van der Waals surface area contributed by atoms with Gasteiger partial charge in [0.2, 0.25) is 0 Å². The predicted molar refractivity (Wildman–Crippen MR) is 72.5 cm³/mol. The van der Waals surface area contributed by atoms with Crippen LogP contribution in [0.4, 0.5) is 13.2 Å². The van der Waals surface area contributed by atoms with E-state index < -0.39 is 17.7 Å². The van der Waals surface area contributed by atoms with Crippen LogP contribution in [-0.4, -0.2) is 32.3 Å². The number of hydrogen-bond acceptors (Lipinski definition) is 4. The number of carbonyl (C=O) groups excluding carboxylic acids is 2. The van der Waals surface area contributed by atoms with E-state index in [0.29, 0.717) is 6.08 Å². The zero-order valence-electron chi connectivity index (χ0n) is 12.8. The SMILES string of the molecule is CC/C(=C/C(=O)OC)C(F)(F)F.CC/C(C)=C/C(=O)OC. The Hall–Kier alpha value is -1.79. The second-order valence-electron chi connectivity index (χ2n) is 3.91. The highest BCUT2D eigenvalue weighted by atomic mass is 19.4. The molecule has 0 heterocycles. The van der Waals surface area contributed by atoms with E-state index in [-0.39, 0.29) is 12.4 Å². The summed E-state index contributed by atoms with van der Waals surface area (Å²) in [7, 11) is 2.41. The fourth-order valence-electron chi connectivity index (χ4n) is 0.948. The van der Waals surface area contributed by atoms with Crippen molar-refractivity contribution in [2.24, 2.45) is 0 Å². The van der Waals surface area contributed by atoms with E-state index in [2.05, 4.69) is 9.47 Å². The third kappa shape index (κ3) is 11.7. The Balaban J connectivity index is 0. The number of hydrogen-bond donors (Lipinski definition) is 0. The first-order chi connectivity index (χ1) is 9.62. The molecule has 0 N–H and O–H groups in total. The lowest BCUT2D eigenvalue weighted by Crippen LogP contribution is -2.13. The van der Waals surface area contributed by atoms with Crippen LogP contribution in [0.3, 0.4) is 0 Å². The Kier molecular flexibility index (Phi) is 11.2. The second-order valence-corrected chi connectivity index (χ2v) is 3.91. The molecule has 21 heavy (non-hydrogen) atoms. The molecule has 0 bridgehead atoms. The molecular weight excluding hydrogens is 289 g/mol. The maximum absolute atomic E-state index is 11.9. The molecule has 0 aromatic carbocycles. The topological polar surface area (TPSA) is 52.6 Å². The van der Waals surface area contributed by atoms with E-state index in [0.717, 1.165) is 19.1 Å². The zero-order valence-corrected chi connectivity index (χ0v) is 12.8. The molecule has 0 aliphatic rings. The molecule has 0 aromatic heterocycles. The number of halogens is 3. The van der Waals surface area contributed by atoms with Crippen LogP contribution in [-0.2, 0) is 19.1 Å². The highest BCUT2D eigenvalue weighted by molar-refractivity contribution is 5.83. The highest BCUT2D eigenvalue weighted by Crippen LogP contribution is 2.27. The molecule has 0 saturated carbocycles. The Labute approximate surface area is 122 Å². The molecule has 0 unspecified atom stereocenters. The van der Waals surface area contributed by atoms with Crippen molar-refractivity contribution < 1.29 is 32.2 Å². The summed E-state index contributed by atoms with van der Waals surface area (Å²) in [5, 5.41) is 0. The van der Waals surface area contributed by atoms with Gasteiger partial charge in [0.25, 0.3) is 0 Å². The summed E-state index contributed by atoms with van der Waals surface area (Å²) in [5.41, 5.74) is 0.163. The molecule has 122 valence electrons. The van der Waals surface area contributed by atoms with Crippen molar-refractivity contribution >= 4 is 11.9 Å². The summed E-state index contributed by atoms with van der Waals surface area (Å²) in [5.74, 6) is -1.25. The highest BCUT2D eigenvalue weighted by Gasteiger charge is 2.32. The molecule has 0 fully saturated rings. The van der Waals surface area contributed by atoms with E-state index in [1.54, 1.807) is 0 Å². The second kappa shape index (κ2) is 10.9. The number of rotatable bonds is 4. The quantitative estimate of drug-likeness (QED) is 0.588. The summed E-state index contributed by atoms with van der Waals surface area (Å²) in [6.45, 7) is 5.22. The predicted octanol–water partition coefficient (Wildman–Crippen LogP) is 3.57. The van der Waals surface area contributed by atoms with Gasteiger partial charge in [0.15, 0.2) is 0 Å². The summed E-state index contributed by atoms with van der Waals surface area (Å²) in [4.78, 5) is 20.9. The monoisotopic (exact) mass is 310 g/mol. The number of esters is 2. The lowest BCUT2D eigenvalue weighted by Gasteiger charge is -2.07. The van der Waals surface area contributed by atoms with Crippen molar-refractivity contribution in [1.82, 2.24) is 0 Å². The van der Waals surface area contributed by atoms with Crippen molar-refractivity contribution in [3.8, 4) is 0 Å². The van der Waals surface area contributed by atoms with Crippen LogP contribution in [0.1, 0.15) is 33.6 Å². The summed E-state index contributed by atoms with van der Waals surface area (Å²) < 4.78 is 44.3. The van der Waals surface area contributed by atoms with Crippen molar-refractivity contribution in [3.63, 3.8) is 0 Å². The van der Waals surface area contributed by atoms with Gasteiger partial charge in [-0.1, -0.05) is 19.4 Å². The minimum absolute atomic E-state index is 0.237. The van der Waals surface area contributed by atoms with Crippen molar-refractivity contribution in [2.45, 2.75) is 39.8 Å². The number of carbonyl (C=O) groups is 2. The van der Waals surface area contributed by atoms with Crippen LogP contribution in [0, 0.1) is 0 Å². The van der Waals surface area contributed by atoms with Gasteiger partial charge in [-0.2, -0.15) is 13.2 Å². The average Bonchev–Trinajstić information content (AvgIpc) is 2.43. The molecule has 0 aromatic rings. The molecular formula is C14H21F3O4. The Morgan fingerprint density at radius 3 is 1.67 bits per heavy atom. The van der Waals surface area contributed by atoms with E-state index >= 15 is 0 Å². The van der Waals surface area contributed by atoms with E-state index in [9.17, 15) is 22.8 Å².